The summed E-state index contributed by atoms with van der Waals surface area (Å²) in [4.78, 5) is 0.230. The lowest BCUT2D eigenvalue weighted by atomic mass is 9.87. The average Bonchev–Trinajstić information content (AvgIpc) is 2.69. The number of aromatic nitrogens is 1. The van der Waals surface area contributed by atoms with E-state index in [2.05, 4.69) is 12.1 Å². The highest BCUT2D eigenvalue weighted by Gasteiger charge is 2.34. The molecular formula is C13H22N2O3S. The van der Waals surface area contributed by atoms with Gasteiger partial charge in [-0.2, -0.15) is 4.31 Å². The van der Waals surface area contributed by atoms with E-state index in [0.29, 0.717) is 17.4 Å². The Morgan fingerprint density at radius 2 is 1.79 bits per heavy atom. The lowest BCUT2D eigenvalue weighted by molar-refractivity contribution is 0.246. The molecule has 1 aliphatic carbocycles. The zero-order valence-corrected chi connectivity index (χ0v) is 12.8. The molecular weight excluding hydrogens is 264 g/mol. The average molecular weight is 286 g/mol. The maximum Gasteiger partial charge on any atom is 0.248 e. The van der Waals surface area contributed by atoms with Gasteiger partial charge in [-0.05, 0) is 45.4 Å². The fourth-order valence-corrected chi connectivity index (χ4v) is 4.49. The van der Waals surface area contributed by atoms with Crippen LogP contribution < -0.4 is 0 Å². The van der Waals surface area contributed by atoms with Gasteiger partial charge in [0.2, 0.25) is 10.0 Å². The summed E-state index contributed by atoms with van der Waals surface area (Å²) in [6.07, 6.45) is 4.04. The van der Waals surface area contributed by atoms with Crippen molar-refractivity contribution in [3.8, 4) is 0 Å². The molecule has 1 aromatic rings. The molecule has 1 aromatic heterocycles. The summed E-state index contributed by atoms with van der Waals surface area (Å²) in [7, 11) is -1.83. The van der Waals surface area contributed by atoms with Crippen molar-refractivity contribution in [2.75, 3.05) is 7.05 Å². The summed E-state index contributed by atoms with van der Waals surface area (Å²) in [6.45, 7) is 5.53. The second kappa shape index (κ2) is 5.25. The van der Waals surface area contributed by atoms with Gasteiger partial charge < -0.3 is 4.52 Å². The van der Waals surface area contributed by atoms with Crippen LogP contribution >= 0.6 is 0 Å². The molecule has 0 aliphatic heterocycles. The van der Waals surface area contributed by atoms with Gasteiger partial charge in [-0.3, -0.25) is 0 Å². The van der Waals surface area contributed by atoms with Crippen molar-refractivity contribution in [3.05, 3.63) is 11.5 Å². The van der Waals surface area contributed by atoms with Gasteiger partial charge in [0, 0.05) is 13.1 Å². The van der Waals surface area contributed by atoms with E-state index in [1.165, 1.54) is 4.31 Å². The normalized spacial score (nSPS) is 24.9. The van der Waals surface area contributed by atoms with Crippen molar-refractivity contribution in [2.24, 2.45) is 5.92 Å². The molecule has 0 saturated heterocycles. The molecule has 0 amide bonds. The molecule has 0 unspecified atom stereocenters. The van der Waals surface area contributed by atoms with Crippen LogP contribution in [0.15, 0.2) is 9.42 Å². The van der Waals surface area contributed by atoms with E-state index >= 15 is 0 Å². The van der Waals surface area contributed by atoms with E-state index in [9.17, 15) is 8.42 Å². The van der Waals surface area contributed by atoms with Crippen molar-refractivity contribution < 1.29 is 12.9 Å². The van der Waals surface area contributed by atoms with Crippen molar-refractivity contribution >= 4 is 10.0 Å². The molecule has 0 aromatic carbocycles. The first-order chi connectivity index (χ1) is 8.84. The van der Waals surface area contributed by atoms with Gasteiger partial charge in [0.1, 0.15) is 10.6 Å². The van der Waals surface area contributed by atoms with Crippen molar-refractivity contribution in [3.63, 3.8) is 0 Å². The predicted molar refractivity (Wildman–Crippen MR) is 72.3 cm³/mol. The molecule has 1 heterocycles. The largest absolute Gasteiger partial charge is 0.360 e. The summed E-state index contributed by atoms with van der Waals surface area (Å²) in [5.74, 6) is 1.07. The molecule has 0 N–H and O–H groups in total. The fraction of sp³-hybridized carbons (Fsp3) is 0.769. The molecule has 5 nitrogen and oxygen atoms in total. The number of hydrogen-bond donors (Lipinski definition) is 0. The van der Waals surface area contributed by atoms with Crippen LogP contribution in [0.1, 0.15) is 44.1 Å². The van der Waals surface area contributed by atoms with Gasteiger partial charge in [-0.25, -0.2) is 8.42 Å². The molecule has 6 heteroatoms. The molecule has 1 fully saturated rings. The van der Waals surface area contributed by atoms with Crippen LogP contribution in [0.25, 0.3) is 0 Å². The molecule has 0 spiro atoms. The minimum Gasteiger partial charge on any atom is -0.360 e. The first kappa shape index (κ1) is 14.5. The lowest BCUT2D eigenvalue weighted by Crippen LogP contribution is -2.39. The molecule has 19 heavy (non-hydrogen) atoms. The summed E-state index contributed by atoms with van der Waals surface area (Å²) in [6, 6.07) is 0.0925. The van der Waals surface area contributed by atoms with E-state index < -0.39 is 10.0 Å². The van der Waals surface area contributed by atoms with Gasteiger partial charge in [-0.15, -0.1) is 0 Å². The maximum atomic E-state index is 12.6. The van der Waals surface area contributed by atoms with Crippen molar-refractivity contribution in [2.45, 2.75) is 57.4 Å². The van der Waals surface area contributed by atoms with Gasteiger partial charge in [0.05, 0.1) is 0 Å². The van der Waals surface area contributed by atoms with Gasteiger partial charge in [-0.1, -0.05) is 12.1 Å². The van der Waals surface area contributed by atoms with E-state index in [1.807, 2.05) is 0 Å². The minimum absolute atomic E-state index is 0.0925. The molecule has 0 atom stereocenters. The second-order valence-electron chi connectivity index (χ2n) is 5.59. The number of hydrogen-bond acceptors (Lipinski definition) is 4. The molecule has 108 valence electrons. The Morgan fingerprint density at radius 1 is 1.21 bits per heavy atom. The Bertz CT molecular complexity index is 523. The smallest absolute Gasteiger partial charge is 0.248 e. The van der Waals surface area contributed by atoms with Crippen molar-refractivity contribution in [1.82, 2.24) is 9.46 Å². The van der Waals surface area contributed by atoms with Crippen LogP contribution in [0, 0.1) is 19.8 Å². The fourth-order valence-electron chi connectivity index (χ4n) is 2.79. The second-order valence-corrected chi connectivity index (χ2v) is 7.52. The summed E-state index contributed by atoms with van der Waals surface area (Å²) in [5, 5.41) is 3.74. The Labute approximate surface area is 115 Å². The molecule has 2 rings (SSSR count). The lowest BCUT2D eigenvalue weighted by Gasteiger charge is -2.32. The highest BCUT2D eigenvalue weighted by atomic mass is 32.2. The predicted octanol–water partition coefficient (Wildman–Crippen LogP) is 2.49. The van der Waals surface area contributed by atoms with Crippen molar-refractivity contribution in [1.29, 1.82) is 0 Å². The first-order valence-electron chi connectivity index (χ1n) is 6.75. The van der Waals surface area contributed by atoms with Crippen LogP contribution in [-0.4, -0.2) is 31.0 Å². The van der Waals surface area contributed by atoms with E-state index in [0.717, 1.165) is 25.7 Å². The molecule has 0 bridgehead atoms. The Morgan fingerprint density at radius 3 is 2.26 bits per heavy atom. The molecule has 0 radical (unpaired) electrons. The highest BCUT2D eigenvalue weighted by molar-refractivity contribution is 7.89. The minimum atomic E-state index is -3.50. The van der Waals surface area contributed by atoms with Gasteiger partial charge >= 0.3 is 0 Å². The van der Waals surface area contributed by atoms with Crippen LogP contribution in [-0.2, 0) is 10.0 Å². The zero-order chi connectivity index (χ0) is 14.2. The topological polar surface area (TPSA) is 63.4 Å². The molecule has 1 saturated carbocycles. The zero-order valence-electron chi connectivity index (χ0n) is 12.0. The number of nitrogens with zero attached hydrogens (tertiary/aromatic N) is 2. The van der Waals surface area contributed by atoms with Gasteiger partial charge in [0.25, 0.3) is 0 Å². The summed E-state index contributed by atoms with van der Waals surface area (Å²) in [5.41, 5.74) is 0.438. The Balaban J connectivity index is 2.25. The quantitative estimate of drug-likeness (QED) is 0.856. The summed E-state index contributed by atoms with van der Waals surface area (Å²) < 4.78 is 31.8. The van der Waals surface area contributed by atoms with Crippen LogP contribution in [0.3, 0.4) is 0 Å². The van der Waals surface area contributed by atoms with Crippen LogP contribution in [0.5, 0.6) is 0 Å². The van der Waals surface area contributed by atoms with Crippen LogP contribution in [0.2, 0.25) is 0 Å². The van der Waals surface area contributed by atoms with E-state index in [4.69, 9.17) is 4.52 Å². The standard InChI is InChI=1S/C13H22N2O3S/c1-9-5-7-12(8-6-9)15(4)19(16,17)13-10(2)14-18-11(13)3/h9,12H,5-8H2,1-4H3. The van der Waals surface area contributed by atoms with Crippen LogP contribution in [0.4, 0.5) is 0 Å². The third-order valence-corrected chi connectivity index (χ3v) is 6.26. The number of aryl methyl sites for hydroxylation is 2. The number of rotatable bonds is 3. The highest BCUT2D eigenvalue weighted by Crippen LogP contribution is 2.31. The van der Waals surface area contributed by atoms with Gasteiger partial charge in [0.15, 0.2) is 5.76 Å². The monoisotopic (exact) mass is 286 g/mol. The third kappa shape index (κ3) is 2.69. The maximum absolute atomic E-state index is 12.6. The Hall–Kier alpha value is -0.880. The van der Waals surface area contributed by atoms with E-state index in [1.54, 1.807) is 20.9 Å². The SMILES string of the molecule is Cc1noc(C)c1S(=O)(=O)N(C)C1CCC(C)CC1. The Kier molecular flexibility index (Phi) is 4.01. The summed E-state index contributed by atoms with van der Waals surface area (Å²) >= 11 is 0. The first-order valence-corrected chi connectivity index (χ1v) is 8.19. The molecule has 1 aliphatic rings. The third-order valence-electron chi connectivity index (χ3n) is 4.10. The number of sulfonamides is 1. The van der Waals surface area contributed by atoms with E-state index in [-0.39, 0.29) is 10.9 Å².